The highest BCUT2D eigenvalue weighted by atomic mass is 19.1. The lowest BCUT2D eigenvalue weighted by Crippen LogP contribution is -2.54. The molecule has 3 heterocycles. The van der Waals surface area contributed by atoms with Gasteiger partial charge in [-0.25, -0.2) is 14.0 Å². The first-order chi connectivity index (χ1) is 18.8. The molecule has 1 aromatic carbocycles. The van der Waals surface area contributed by atoms with E-state index in [-0.39, 0.29) is 31.5 Å². The third-order valence-corrected chi connectivity index (χ3v) is 6.44. The molecule has 0 aliphatic carbocycles. The molecule has 1 unspecified atom stereocenters. The Morgan fingerprint density at radius 1 is 1.21 bits per heavy atom. The largest absolute Gasteiger partial charge is 0.450 e. The number of nitrogens with zero attached hydrogens (tertiary/aromatic N) is 4. The van der Waals surface area contributed by atoms with Crippen molar-refractivity contribution >= 4 is 35.4 Å². The number of anilines is 2. The molecule has 2 atom stereocenters. The summed E-state index contributed by atoms with van der Waals surface area (Å²) in [5, 5.41) is 5.21. The van der Waals surface area contributed by atoms with Gasteiger partial charge in [-0.15, -0.1) is 0 Å². The quantitative estimate of drug-likeness (QED) is 0.516. The number of piperazine rings is 1. The second kappa shape index (κ2) is 12.4. The molecule has 208 valence electrons. The Balaban J connectivity index is 1.29. The summed E-state index contributed by atoms with van der Waals surface area (Å²) in [7, 11) is 0. The third kappa shape index (κ3) is 6.72. The zero-order valence-corrected chi connectivity index (χ0v) is 21.8. The molecule has 0 spiro atoms. The fourth-order valence-electron chi connectivity index (χ4n) is 4.42. The first-order valence-electron chi connectivity index (χ1n) is 12.7. The molecule has 12 nitrogen and oxygen atoms in total. The molecule has 0 saturated carbocycles. The SMILES string of the molecule is CCOC(=O)NCC1CN(c2ccc(N3CCN(C(=O)[C@H](C)NC(=O)c4cccnc4)CC3)c(F)c2)C(=O)O1. The molecule has 2 aromatic rings. The number of ether oxygens (including phenoxy) is 2. The van der Waals surface area contributed by atoms with E-state index in [1.807, 2.05) is 4.90 Å². The molecular weight excluding hydrogens is 511 g/mol. The Morgan fingerprint density at radius 3 is 2.64 bits per heavy atom. The first kappa shape index (κ1) is 27.6. The Bertz CT molecular complexity index is 1210. The molecule has 2 aliphatic rings. The number of pyridine rings is 1. The van der Waals surface area contributed by atoms with Crippen LogP contribution in [-0.2, 0) is 14.3 Å². The fourth-order valence-corrected chi connectivity index (χ4v) is 4.42. The summed E-state index contributed by atoms with van der Waals surface area (Å²) in [6.07, 6.45) is 1.17. The second-order valence-corrected chi connectivity index (χ2v) is 9.10. The van der Waals surface area contributed by atoms with Crippen LogP contribution in [0.4, 0.5) is 25.4 Å². The Morgan fingerprint density at radius 2 is 1.97 bits per heavy atom. The van der Waals surface area contributed by atoms with Crippen LogP contribution in [0.25, 0.3) is 0 Å². The minimum absolute atomic E-state index is 0.0798. The summed E-state index contributed by atoms with van der Waals surface area (Å²) in [4.78, 5) is 57.7. The number of alkyl carbamates (subject to hydrolysis) is 1. The zero-order chi connectivity index (χ0) is 27.9. The lowest BCUT2D eigenvalue weighted by atomic mass is 10.2. The van der Waals surface area contributed by atoms with Gasteiger partial charge in [0.15, 0.2) is 0 Å². The summed E-state index contributed by atoms with van der Waals surface area (Å²) in [6, 6.07) is 7.03. The van der Waals surface area contributed by atoms with Crippen molar-refractivity contribution in [2.75, 3.05) is 55.7 Å². The molecule has 2 aliphatic heterocycles. The van der Waals surface area contributed by atoms with E-state index in [9.17, 15) is 19.2 Å². The van der Waals surface area contributed by atoms with Crippen molar-refractivity contribution in [1.29, 1.82) is 0 Å². The van der Waals surface area contributed by atoms with Crippen molar-refractivity contribution in [3.05, 3.63) is 54.1 Å². The van der Waals surface area contributed by atoms with Crippen molar-refractivity contribution in [3.8, 4) is 0 Å². The van der Waals surface area contributed by atoms with E-state index in [0.717, 1.165) is 0 Å². The normalized spacial score (nSPS) is 17.9. The maximum absolute atomic E-state index is 15.1. The van der Waals surface area contributed by atoms with E-state index in [4.69, 9.17) is 9.47 Å². The number of nitrogens with one attached hydrogen (secondary N) is 2. The molecule has 4 rings (SSSR count). The predicted molar refractivity (Wildman–Crippen MR) is 139 cm³/mol. The first-order valence-corrected chi connectivity index (χ1v) is 12.7. The molecule has 2 saturated heterocycles. The van der Waals surface area contributed by atoms with Gasteiger partial charge < -0.3 is 29.9 Å². The second-order valence-electron chi connectivity index (χ2n) is 9.10. The number of carbonyl (C=O) groups is 4. The summed E-state index contributed by atoms with van der Waals surface area (Å²) >= 11 is 0. The summed E-state index contributed by atoms with van der Waals surface area (Å²) < 4.78 is 25.2. The molecule has 13 heteroatoms. The van der Waals surface area contributed by atoms with Crippen LogP contribution in [0, 0.1) is 5.82 Å². The van der Waals surface area contributed by atoms with Gasteiger partial charge in [-0.05, 0) is 44.2 Å². The standard InChI is InChI=1S/C26H31FN6O6/c1-3-38-25(36)29-15-20-16-33(26(37)39-20)19-6-7-22(21(27)13-19)31-9-11-32(12-10-31)24(35)17(2)30-23(34)18-5-4-8-28-14-18/h4-8,13-14,17,20H,3,9-12,15-16H2,1-2H3,(H,29,36)(H,30,34)/t17-,20?/m0/s1. The topological polar surface area (TPSA) is 133 Å². The molecule has 4 amide bonds. The predicted octanol–water partition coefficient (Wildman–Crippen LogP) is 1.76. The number of aromatic nitrogens is 1. The van der Waals surface area contributed by atoms with Crippen LogP contribution in [0.2, 0.25) is 0 Å². The highest BCUT2D eigenvalue weighted by Gasteiger charge is 2.33. The van der Waals surface area contributed by atoms with Crippen LogP contribution < -0.4 is 20.4 Å². The van der Waals surface area contributed by atoms with Gasteiger partial charge in [0.05, 0.1) is 36.6 Å². The monoisotopic (exact) mass is 542 g/mol. The number of benzene rings is 1. The number of hydrogen-bond donors (Lipinski definition) is 2. The minimum Gasteiger partial charge on any atom is -0.450 e. The summed E-state index contributed by atoms with van der Waals surface area (Å²) in [6.45, 7) is 5.30. The molecule has 1 aromatic heterocycles. The van der Waals surface area contributed by atoms with Gasteiger partial charge in [0, 0.05) is 38.6 Å². The number of hydrogen-bond acceptors (Lipinski definition) is 8. The van der Waals surface area contributed by atoms with Crippen LogP contribution in [0.15, 0.2) is 42.7 Å². The Kier molecular flexibility index (Phi) is 8.79. The van der Waals surface area contributed by atoms with Crippen molar-refractivity contribution in [1.82, 2.24) is 20.5 Å². The highest BCUT2D eigenvalue weighted by molar-refractivity contribution is 5.97. The Labute approximate surface area is 225 Å². The van der Waals surface area contributed by atoms with Gasteiger partial charge in [0.1, 0.15) is 18.0 Å². The van der Waals surface area contributed by atoms with Gasteiger partial charge >= 0.3 is 12.2 Å². The number of halogens is 1. The molecule has 0 bridgehead atoms. The van der Waals surface area contributed by atoms with Crippen LogP contribution >= 0.6 is 0 Å². The van der Waals surface area contributed by atoms with Gasteiger partial charge in [-0.3, -0.25) is 19.5 Å². The van der Waals surface area contributed by atoms with Crippen LogP contribution in [0.5, 0.6) is 0 Å². The lowest BCUT2D eigenvalue weighted by Gasteiger charge is -2.37. The van der Waals surface area contributed by atoms with Crippen molar-refractivity contribution in [3.63, 3.8) is 0 Å². The van der Waals surface area contributed by atoms with Crippen LogP contribution in [0.1, 0.15) is 24.2 Å². The maximum atomic E-state index is 15.1. The van der Waals surface area contributed by atoms with Crippen LogP contribution in [-0.4, -0.2) is 91.9 Å². The summed E-state index contributed by atoms with van der Waals surface area (Å²) in [5.41, 5.74) is 1.07. The smallest absolute Gasteiger partial charge is 0.414 e. The van der Waals surface area contributed by atoms with E-state index in [0.29, 0.717) is 43.1 Å². The Hall–Kier alpha value is -4.42. The number of cyclic esters (lactones) is 1. The lowest BCUT2D eigenvalue weighted by molar-refractivity contribution is -0.133. The molecule has 39 heavy (non-hydrogen) atoms. The van der Waals surface area contributed by atoms with Crippen molar-refractivity contribution in [2.45, 2.75) is 26.0 Å². The molecule has 0 radical (unpaired) electrons. The van der Waals surface area contributed by atoms with E-state index >= 15 is 4.39 Å². The average Bonchev–Trinajstić information content (AvgIpc) is 3.32. The van der Waals surface area contributed by atoms with Gasteiger partial charge in [0.2, 0.25) is 5.91 Å². The summed E-state index contributed by atoms with van der Waals surface area (Å²) in [5.74, 6) is -1.11. The van der Waals surface area contributed by atoms with Crippen molar-refractivity contribution < 1.29 is 33.0 Å². The van der Waals surface area contributed by atoms with E-state index in [1.165, 1.54) is 17.2 Å². The van der Waals surface area contributed by atoms with Crippen LogP contribution in [0.3, 0.4) is 0 Å². The molecule has 2 N–H and O–H groups in total. The van der Waals surface area contributed by atoms with E-state index in [1.54, 1.807) is 49.2 Å². The third-order valence-electron chi connectivity index (χ3n) is 6.44. The average molecular weight is 543 g/mol. The molecular formula is C26H31FN6O6. The zero-order valence-electron chi connectivity index (χ0n) is 21.8. The van der Waals surface area contributed by atoms with E-state index < -0.39 is 30.1 Å². The van der Waals surface area contributed by atoms with Gasteiger partial charge in [0.25, 0.3) is 5.91 Å². The van der Waals surface area contributed by atoms with Gasteiger partial charge in [-0.2, -0.15) is 0 Å². The van der Waals surface area contributed by atoms with Gasteiger partial charge in [-0.1, -0.05) is 0 Å². The minimum atomic E-state index is -0.725. The number of rotatable bonds is 8. The number of amides is 4. The number of carbonyl (C=O) groups excluding carboxylic acids is 4. The maximum Gasteiger partial charge on any atom is 0.414 e. The van der Waals surface area contributed by atoms with Crippen molar-refractivity contribution in [2.24, 2.45) is 0 Å². The molecule has 2 fully saturated rings. The van der Waals surface area contributed by atoms with E-state index in [2.05, 4.69) is 15.6 Å². The highest BCUT2D eigenvalue weighted by Crippen LogP contribution is 2.28. The fraction of sp³-hybridized carbons (Fsp3) is 0.423.